The van der Waals surface area contributed by atoms with Gasteiger partial charge >= 0.3 is 0 Å². The molecule has 1 atom stereocenters. The number of hydrogen-bond acceptors (Lipinski definition) is 4. The number of benzene rings is 1. The highest BCUT2D eigenvalue weighted by Gasteiger charge is 2.19. The molecule has 0 fully saturated rings. The van der Waals surface area contributed by atoms with Gasteiger partial charge in [-0.2, -0.15) is 0 Å². The van der Waals surface area contributed by atoms with Crippen LogP contribution in [0.4, 0.5) is 0 Å². The fourth-order valence-electron chi connectivity index (χ4n) is 2.84. The SMILES string of the molecule is CC(NC(=O)c1cc2c(nc3ccccn32)s1)C(=O)NCc1ccccc1. The third-order valence-electron chi connectivity index (χ3n) is 4.28. The van der Waals surface area contributed by atoms with E-state index in [4.69, 9.17) is 0 Å². The van der Waals surface area contributed by atoms with Gasteiger partial charge in [0.05, 0.1) is 10.4 Å². The Hall–Kier alpha value is -3.19. The predicted octanol–water partition coefficient (Wildman–Crippen LogP) is 2.98. The van der Waals surface area contributed by atoms with E-state index in [1.807, 2.05) is 65.2 Å². The lowest BCUT2D eigenvalue weighted by molar-refractivity contribution is -0.122. The maximum absolute atomic E-state index is 12.5. The number of aromatic nitrogens is 2. The number of pyridine rings is 1. The Morgan fingerprint density at radius 1 is 1.15 bits per heavy atom. The fourth-order valence-corrected chi connectivity index (χ4v) is 3.77. The number of carbonyl (C=O) groups is 2. The third kappa shape index (κ3) is 3.54. The van der Waals surface area contributed by atoms with E-state index in [1.165, 1.54) is 11.3 Å². The standard InChI is InChI=1S/C20H18N4O2S/c1-13(18(25)21-12-14-7-3-2-4-8-14)22-19(26)16-11-15-20(27-16)23-17-9-5-6-10-24(15)17/h2-11,13H,12H2,1H3,(H,21,25)(H,22,26). The van der Waals surface area contributed by atoms with Gasteiger partial charge in [0.1, 0.15) is 16.5 Å². The summed E-state index contributed by atoms with van der Waals surface area (Å²) in [5.41, 5.74) is 2.75. The van der Waals surface area contributed by atoms with Gasteiger partial charge in [-0.05, 0) is 30.7 Å². The van der Waals surface area contributed by atoms with Gasteiger partial charge in [0.2, 0.25) is 5.91 Å². The molecule has 0 aliphatic carbocycles. The van der Waals surface area contributed by atoms with Crippen molar-refractivity contribution in [3.05, 3.63) is 71.2 Å². The van der Waals surface area contributed by atoms with Crippen molar-refractivity contribution in [2.24, 2.45) is 0 Å². The van der Waals surface area contributed by atoms with Crippen molar-refractivity contribution in [2.45, 2.75) is 19.5 Å². The molecule has 3 aromatic heterocycles. The first-order valence-electron chi connectivity index (χ1n) is 8.61. The van der Waals surface area contributed by atoms with Crippen molar-refractivity contribution in [1.82, 2.24) is 20.0 Å². The molecule has 0 spiro atoms. The number of nitrogens with one attached hydrogen (secondary N) is 2. The van der Waals surface area contributed by atoms with E-state index in [9.17, 15) is 9.59 Å². The van der Waals surface area contributed by atoms with Crippen LogP contribution in [0.2, 0.25) is 0 Å². The topological polar surface area (TPSA) is 75.5 Å². The van der Waals surface area contributed by atoms with Crippen LogP contribution >= 0.6 is 11.3 Å². The highest BCUT2D eigenvalue weighted by molar-refractivity contribution is 7.20. The molecule has 1 unspecified atom stereocenters. The molecule has 0 aliphatic heterocycles. The summed E-state index contributed by atoms with van der Waals surface area (Å²) in [5, 5.41) is 5.59. The molecule has 1 aromatic carbocycles. The van der Waals surface area contributed by atoms with Gasteiger partial charge in [0.15, 0.2) is 0 Å². The van der Waals surface area contributed by atoms with E-state index in [-0.39, 0.29) is 11.8 Å². The molecule has 0 aliphatic rings. The molecule has 0 bridgehead atoms. The lowest BCUT2D eigenvalue weighted by Crippen LogP contribution is -2.44. The van der Waals surface area contributed by atoms with Crippen LogP contribution in [0, 0.1) is 0 Å². The molecule has 0 saturated carbocycles. The van der Waals surface area contributed by atoms with Gasteiger partial charge in [0, 0.05) is 12.7 Å². The van der Waals surface area contributed by atoms with Gasteiger partial charge in [-0.3, -0.25) is 14.0 Å². The van der Waals surface area contributed by atoms with Gasteiger partial charge in [-0.25, -0.2) is 4.98 Å². The average molecular weight is 378 g/mol. The van der Waals surface area contributed by atoms with Gasteiger partial charge in [0.25, 0.3) is 5.91 Å². The molecule has 4 rings (SSSR count). The Morgan fingerprint density at radius 2 is 1.93 bits per heavy atom. The summed E-state index contributed by atoms with van der Waals surface area (Å²) in [7, 11) is 0. The number of carbonyl (C=O) groups excluding carboxylic acids is 2. The van der Waals surface area contributed by atoms with Crippen LogP contribution < -0.4 is 10.6 Å². The minimum absolute atomic E-state index is 0.222. The maximum Gasteiger partial charge on any atom is 0.262 e. The number of hydrogen-bond donors (Lipinski definition) is 2. The molecule has 136 valence electrons. The molecule has 27 heavy (non-hydrogen) atoms. The van der Waals surface area contributed by atoms with E-state index in [2.05, 4.69) is 15.6 Å². The zero-order valence-electron chi connectivity index (χ0n) is 14.7. The summed E-state index contributed by atoms with van der Waals surface area (Å²) in [5.74, 6) is -0.495. The largest absolute Gasteiger partial charge is 0.350 e. The zero-order valence-corrected chi connectivity index (χ0v) is 15.5. The summed E-state index contributed by atoms with van der Waals surface area (Å²) in [6, 6.07) is 16.6. The summed E-state index contributed by atoms with van der Waals surface area (Å²) < 4.78 is 1.94. The molecule has 2 N–H and O–H groups in total. The number of fused-ring (bicyclic) bond motifs is 3. The van der Waals surface area contributed by atoms with Crippen molar-refractivity contribution in [1.29, 1.82) is 0 Å². The molecule has 7 heteroatoms. The number of nitrogens with zero attached hydrogens (tertiary/aromatic N) is 2. The first kappa shape index (κ1) is 17.2. The average Bonchev–Trinajstić information content (AvgIpc) is 3.25. The second-order valence-electron chi connectivity index (χ2n) is 6.24. The Bertz CT molecular complexity index is 1120. The second-order valence-corrected chi connectivity index (χ2v) is 7.27. The smallest absolute Gasteiger partial charge is 0.262 e. The Labute approximate surface area is 159 Å². The lowest BCUT2D eigenvalue weighted by Gasteiger charge is -2.13. The number of thiophene rings is 1. The van der Waals surface area contributed by atoms with Crippen LogP contribution in [-0.2, 0) is 11.3 Å². The Kier molecular flexibility index (Phi) is 4.60. The second kappa shape index (κ2) is 7.20. The first-order chi connectivity index (χ1) is 13.1. The summed E-state index contributed by atoms with van der Waals surface area (Å²) in [6.45, 7) is 2.10. The molecule has 0 saturated heterocycles. The van der Waals surface area contributed by atoms with Crippen molar-refractivity contribution < 1.29 is 9.59 Å². The van der Waals surface area contributed by atoms with Crippen LogP contribution in [0.5, 0.6) is 0 Å². The van der Waals surface area contributed by atoms with E-state index < -0.39 is 6.04 Å². The monoisotopic (exact) mass is 378 g/mol. The van der Waals surface area contributed by atoms with E-state index in [0.717, 1.165) is 21.6 Å². The molecular weight excluding hydrogens is 360 g/mol. The van der Waals surface area contributed by atoms with Gasteiger partial charge in [-0.15, -0.1) is 11.3 Å². The third-order valence-corrected chi connectivity index (χ3v) is 5.30. The minimum Gasteiger partial charge on any atom is -0.350 e. The molecule has 0 radical (unpaired) electrons. The number of rotatable bonds is 5. The lowest BCUT2D eigenvalue weighted by atomic mass is 10.2. The van der Waals surface area contributed by atoms with Crippen molar-refractivity contribution in [3.63, 3.8) is 0 Å². The first-order valence-corrected chi connectivity index (χ1v) is 9.42. The molecule has 6 nitrogen and oxygen atoms in total. The molecular formula is C20H18N4O2S. The van der Waals surface area contributed by atoms with Crippen molar-refractivity contribution in [3.8, 4) is 0 Å². The Balaban J connectivity index is 1.42. The fraction of sp³-hybridized carbons (Fsp3) is 0.150. The van der Waals surface area contributed by atoms with Crippen LogP contribution in [0.15, 0.2) is 60.8 Å². The van der Waals surface area contributed by atoms with Gasteiger partial charge in [-0.1, -0.05) is 36.4 Å². The van der Waals surface area contributed by atoms with Crippen LogP contribution in [-0.4, -0.2) is 27.2 Å². The maximum atomic E-state index is 12.5. The number of amides is 2. The molecule has 4 aromatic rings. The van der Waals surface area contributed by atoms with Gasteiger partial charge < -0.3 is 10.6 Å². The summed E-state index contributed by atoms with van der Waals surface area (Å²) in [6.07, 6.45) is 1.92. The zero-order chi connectivity index (χ0) is 18.8. The summed E-state index contributed by atoms with van der Waals surface area (Å²) >= 11 is 1.32. The minimum atomic E-state index is -0.630. The van der Waals surface area contributed by atoms with Crippen molar-refractivity contribution >= 4 is 39.1 Å². The molecule has 3 heterocycles. The quantitative estimate of drug-likeness (QED) is 0.561. The van der Waals surface area contributed by atoms with E-state index >= 15 is 0 Å². The van der Waals surface area contributed by atoms with Crippen LogP contribution in [0.3, 0.4) is 0 Å². The predicted molar refractivity (Wildman–Crippen MR) is 106 cm³/mol. The van der Waals surface area contributed by atoms with Crippen molar-refractivity contribution in [2.75, 3.05) is 0 Å². The highest BCUT2D eigenvalue weighted by atomic mass is 32.1. The van der Waals surface area contributed by atoms with E-state index in [1.54, 1.807) is 6.92 Å². The van der Waals surface area contributed by atoms with Crippen LogP contribution in [0.1, 0.15) is 22.2 Å². The van der Waals surface area contributed by atoms with Crippen LogP contribution in [0.25, 0.3) is 16.0 Å². The van der Waals surface area contributed by atoms with E-state index in [0.29, 0.717) is 11.4 Å². The highest BCUT2D eigenvalue weighted by Crippen LogP contribution is 2.26. The number of imidazole rings is 1. The summed E-state index contributed by atoms with van der Waals surface area (Å²) in [4.78, 5) is 30.6. The molecule has 2 amide bonds. The Morgan fingerprint density at radius 3 is 2.74 bits per heavy atom. The normalized spacial score (nSPS) is 12.2.